The van der Waals surface area contributed by atoms with Crippen molar-refractivity contribution in [2.45, 2.75) is 64.1 Å². The first-order valence-corrected chi connectivity index (χ1v) is 8.74. The van der Waals surface area contributed by atoms with Crippen molar-refractivity contribution in [1.29, 1.82) is 0 Å². The molecule has 1 aliphatic carbocycles. The fraction of sp³-hybridized carbons (Fsp3) is 1.00. The van der Waals surface area contributed by atoms with Crippen molar-refractivity contribution in [2.24, 2.45) is 11.7 Å². The molecule has 1 saturated heterocycles. The van der Waals surface area contributed by atoms with E-state index in [0.717, 1.165) is 38.7 Å². The molecule has 0 amide bonds. The molecule has 2 aliphatic rings. The van der Waals surface area contributed by atoms with Crippen LogP contribution in [0.15, 0.2) is 0 Å². The molecule has 1 aliphatic heterocycles. The average Bonchev–Trinajstić information content (AvgIpc) is 2.48. The van der Waals surface area contributed by atoms with Gasteiger partial charge < -0.3 is 10.5 Å². The lowest BCUT2D eigenvalue weighted by molar-refractivity contribution is -0.0666. The summed E-state index contributed by atoms with van der Waals surface area (Å²) < 4.78 is 6.01. The van der Waals surface area contributed by atoms with E-state index >= 15 is 0 Å². The molecule has 4 heteroatoms. The van der Waals surface area contributed by atoms with Crippen LogP contribution in [0.1, 0.15) is 46.5 Å². The Morgan fingerprint density at radius 1 is 1.33 bits per heavy atom. The normalized spacial score (nSPS) is 35.6. The highest BCUT2D eigenvalue weighted by Crippen LogP contribution is 2.35. The predicted octanol–water partition coefficient (Wildman–Crippen LogP) is 1.94. The van der Waals surface area contributed by atoms with Gasteiger partial charge in [-0.05, 0) is 52.5 Å². The molecule has 124 valence electrons. The molecule has 0 radical (unpaired) electrons. The van der Waals surface area contributed by atoms with Crippen molar-refractivity contribution in [2.75, 3.05) is 39.8 Å². The summed E-state index contributed by atoms with van der Waals surface area (Å²) in [6, 6.07) is 0.612. The first-order chi connectivity index (χ1) is 9.97. The third-order valence-corrected chi connectivity index (χ3v) is 5.77. The summed E-state index contributed by atoms with van der Waals surface area (Å²) in [5.74, 6) is 0.862. The molecule has 21 heavy (non-hydrogen) atoms. The third kappa shape index (κ3) is 4.19. The lowest BCUT2D eigenvalue weighted by atomic mass is 9.76. The van der Waals surface area contributed by atoms with Gasteiger partial charge in [0.2, 0.25) is 0 Å². The minimum absolute atomic E-state index is 0.204. The third-order valence-electron chi connectivity index (χ3n) is 5.77. The Bertz CT molecular complexity index is 313. The molecule has 1 atom stereocenters. The largest absolute Gasteiger partial charge is 0.374 e. The molecule has 0 spiro atoms. The molecule has 2 fully saturated rings. The van der Waals surface area contributed by atoms with Crippen molar-refractivity contribution < 1.29 is 4.74 Å². The maximum Gasteiger partial charge on any atom is 0.0829 e. The Hall–Kier alpha value is -0.160. The topological polar surface area (TPSA) is 41.7 Å². The second kappa shape index (κ2) is 7.40. The van der Waals surface area contributed by atoms with Gasteiger partial charge in [0.15, 0.2) is 0 Å². The summed E-state index contributed by atoms with van der Waals surface area (Å²) in [6.45, 7) is 11.7. The second-order valence-electron chi connectivity index (χ2n) is 7.57. The highest BCUT2D eigenvalue weighted by atomic mass is 16.5. The zero-order valence-corrected chi connectivity index (χ0v) is 14.5. The standard InChI is InChI=1S/C17H35N3O/c1-14(2)20-9-10-21-16(12-20)11-19(4)17(13-18)7-5-15(3)6-8-17/h14-16H,5-13,18H2,1-4H3. The molecule has 4 nitrogen and oxygen atoms in total. The zero-order chi connectivity index (χ0) is 15.5. The lowest BCUT2D eigenvalue weighted by Gasteiger charge is -2.47. The highest BCUT2D eigenvalue weighted by Gasteiger charge is 2.38. The van der Waals surface area contributed by atoms with Crippen LogP contribution >= 0.6 is 0 Å². The maximum absolute atomic E-state index is 6.17. The lowest BCUT2D eigenvalue weighted by Crippen LogP contribution is -2.58. The number of nitrogens with two attached hydrogens (primary N) is 1. The zero-order valence-electron chi connectivity index (χ0n) is 14.5. The average molecular weight is 297 g/mol. The van der Waals surface area contributed by atoms with Gasteiger partial charge >= 0.3 is 0 Å². The first kappa shape index (κ1) is 17.2. The van der Waals surface area contributed by atoms with E-state index in [9.17, 15) is 0 Å². The Morgan fingerprint density at radius 2 is 2.00 bits per heavy atom. The van der Waals surface area contributed by atoms with Crippen molar-refractivity contribution in [3.63, 3.8) is 0 Å². The van der Waals surface area contributed by atoms with Gasteiger partial charge in [0.05, 0.1) is 12.7 Å². The minimum atomic E-state index is 0.204. The molecule has 2 N–H and O–H groups in total. The summed E-state index contributed by atoms with van der Waals surface area (Å²) in [6.07, 6.45) is 5.42. The van der Waals surface area contributed by atoms with Gasteiger partial charge in [0.1, 0.15) is 0 Å². The van der Waals surface area contributed by atoms with E-state index in [4.69, 9.17) is 10.5 Å². The number of hydrogen-bond donors (Lipinski definition) is 1. The Kier molecular flexibility index (Phi) is 6.06. The molecular formula is C17H35N3O. The number of hydrogen-bond acceptors (Lipinski definition) is 4. The predicted molar refractivity (Wildman–Crippen MR) is 88.5 cm³/mol. The van der Waals surface area contributed by atoms with E-state index < -0.39 is 0 Å². The van der Waals surface area contributed by atoms with Crippen LogP contribution in [0.3, 0.4) is 0 Å². The molecule has 1 heterocycles. The van der Waals surface area contributed by atoms with Crippen molar-refractivity contribution in [1.82, 2.24) is 9.80 Å². The smallest absolute Gasteiger partial charge is 0.0829 e. The number of morpholine rings is 1. The van der Waals surface area contributed by atoms with E-state index in [1.54, 1.807) is 0 Å². The quantitative estimate of drug-likeness (QED) is 0.842. The summed E-state index contributed by atoms with van der Waals surface area (Å²) in [5.41, 5.74) is 6.38. The Morgan fingerprint density at radius 3 is 2.57 bits per heavy atom. The van der Waals surface area contributed by atoms with Crippen LogP contribution < -0.4 is 5.73 Å². The molecule has 1 unspecified atom stereocenters. The minimum Gasteiger partial charge on any atom is -0.374 e. The van der Waals surface area contributed by atoms with Gasteiger partial charge in [0.25, 0.3) is 0 Å². The molecule has 0 aromatic carbocycles. The molecule has 0 aromatic rings. The number of ether oxygens (including phenoxy) is 1. The summed E-state index contributed by atoms with van der Waals surface area (Å²) in [4.78, 5) is 5.04. The van der Waals surface area contributed by atoms with Crippen LogP contribution in [0.5, 0.6) is 0 Å². The van der Waals surface area contributed by atoms with Gasteiger partial charge in [0, 0.05) is 37.8 Å². The SMILES string of the molecule is CC1CCC(CN)(N(C)CC2CN(C(C)C)CCO2)CC1. The number of nitrogens with zero attached hydrogens (tertiary/aromatic N) is 2. The van der Waals surface area contributed by atoms with E-state index in [-0.39, 0.29) is 5.54 Å². The molecule has 1 saturated carbocycles. The molecular weight excluding hydrogens is 262 g/mol. The van der Waals surface area contributed by atoms with Crippen molar-refractivity contribution >= 4 is 0 Å². The van der Waals surface area contributed by atoms with Gasteiger partial charge in [-0.1, -0.05) is 6.92 Å². The molecule has 0 aromatic heterocycles. The van der Waals surface area contributed by atoms with E-state index in [2.05, 4.69) is 37.6 Å². The maximum atomic E-state index is 6.17. The van der Waals surface area contributed by atoms with Crippen molar-refractivity contribution in [3.05, 3.63) is 0 Å². The van der Waals surface area contributed by atoms with Crippen LogP contribution in [0.4, 0.5) is 0 Å². The summed E-state index contributed by atoms with van der Waals surface area (Å²) >= 11 is 0. The number of rotatable bonds is 5. The fourth-order valence-corrected chi connectivity index (χ4v) is 3.86. The Balaban J connectivity index is 1.91. The monoisotopic (exact) mass is 297 g/mol. The van der Waals surface area contributed by atoms with Gasteiger partial charge in [-0.15, -0.1) is 0 Å². The number of likely N-dealkylation sites (N-methyl/N-ethyl adjacent to an activating group) is 1. The first-order valence-electron chi connectivity index (χ1n) is 8.74. The van der Waals surface area contributed by atoms with Gasteiger partial charge in [-0.25, -0.2) is 0 Å². The van der Waals surface area contributed by atoms with Crippen LogP contribution in [0.25, 0.3) is 0 Å². The molecule has 0 bridgehead atoms. The van der Waals surface area contributed by atoms with E-state index in [1.807, 2.05) is 0 Å². The Labute approximate surface area is 131 Å². The summed E-state index contributed by atoms with van der Waals surface area (Å²) in [5, 5.41) is 0. The fourth-order valence-electron chi connectivity index (χ4n) is 3.86. The highest BCUT2D eigenvalue weighted by molar-refractivity contribution is 4.95. The molecule has 2 rings (SSSR count). The van der Waals surface area contributed by atoms with Gasteiger partial charge in [-0.2, -0.15) is 0 Å². The van der Waals surface area contributed by atoms with E-state index in [1.165, 1.54) is 25.7 Å². The second-order valence-corrected chi connectivity index (χ2v) is 7.57. The van der Waals surface area contributed by atoms with Crippen molar-refractivity contribution in [3.8, 4) is 0 Å². The van der Waals surface area contributed by atoms with Crippen LogP contribution in [0, 0.1) is 5.92 Å². The van der Waals surface area contributed by atoms with Crippen LogP contribution in [-0.2, 0) is 4.74 Å². The van der Waals surface area contributed by atoms with E-state index in [0.29, 0.717) is 12.1 Å². The van der Waals surface area contributed by atoms with Crippen LogP contribution in [0.2, 0.25) is 0 Å². The summed E-state index contributed by atoms with van der Waals surface area (Å²) in [7, 11) is 2.25. The van der Waals surface area contributed by atoms with Crippen LogP contribution in [-0.4, -0.2) is 67.3 Å². The van der Waals surface area contributed by atoms with Gasteiger partial charge in [-0.3, -0.25) is 9.80 Å².